The van der Waals surface area contributed by atoms with Crippen LogP contribution in [0.25, 0.3) is 0 Å². The summed E-state index contributed by atoms with van der Waals surface area (Å²) in [6.45, 7) is 0.361. The number of methoxy groups -OCH3 is 1. The fourth-order valence-corrected chi connectivity index (χ4v) is 4.57. The number of nitrogens with one attached hydrogen (secondary N) is 1. The molecule has 1 heterocycles. The molecule has 0 spiro atoms. The maximum absolute atomic E-state index is 11.8. The zero-order valence-corrected chi connectivity index (χ0v) is 11.8. The van der Waals surface area contributed by atoms with Crippen molar-refractivity contribution in [2.45, 2.75) is 11.5 Å². The molecule has 5 nitrogen and oxygen atoms in total. The maximum Gasteiger partial charge on any atom is 0.242 e. The Morgan fingerprint density at radius 2 is 2.31 bits per heavy atom. The van der Waals surface area contributed by atoms with Crippen molar-refractivity contribution in [2.24, 2.45) is 0 Å². The molecule has 2 N–H and O–H groups in total. The van der Waals surface area contributed by atoms with Crippen molar-refractivity contribution >= 4 is 37.3 Å². The topological polar surface area (TPSA) is 75.6 Å². The van der Waals surface area contributed by atoms with Gasteiger partial charge in [-0.25, -0.2) is 13.1 Å². The average molecular weight is 330 g/mol. The van der Waals surface area contributed by atoms with Gasteiger partial charge in [-0.3, -0.25) is 0 Å². The lowest BCUT2D eigenvalue weighted by Crippen LogP contribution is -2.27. The highest BCUT2D eigenvalue weighted by atomic mass is 79.9. The van der Waals surface area contributed by atoms with Crippen LogP contribution in [-0.2, 0) is 21.4 Å². The number of sulfonamides is 1. The van der Waals surface area contributed by atoms with E-state index in [9.17, 15) is 8.42 Å². The second-order valence-corrected chi connectivity index (χ2v) is 7.09. The SMILES string of the molecule is COCCNS(=O)(=O)c1cc(CO)sc1Br. The molecule has 0 aliphatic heterocycles. The zero-order valence-electron chi connectivity index (χ0n) is 8.57. The fraction of sp³-hybridized carbons (Fsp3) is 0.500. The van der Waals surface area contributed by atoms with Crippen molar-refractivity contribution in [1.29, 1.82) is 0 Å². The van der Waals surface area contributed by atoms with Crippen LogP contribution < -0.4 is 4.72 Å². The van der Waals surface area contributed by atoms with Gasteiger partial charge in [0.15, 0.2) is 0 Å². The van der Waals surface area contributed by atoms with E-state index < -0.39 is 10.0 Å². The molecule has 0 aliphatic carbocycles. The molecule has 1 rings (SSSR count). The molecule has 0 atom stereocenters. The number of ether oxygens (including phenoxy) is 1. The molecule has 1 aromatic heterocycles. The normalized spacial score (nSPS) is 11.9. The molecule has 0 amide bonds. The number of thiophene rings is 1. The van der Waals surface area contributed by atoms with Crippen LogP contribution in [0.1, 0.15) is 4.88 Å². The molecular formula is C8H12BrNO4S2. The van der Waals surface area contributed by atoms with Gasteiger partial charge in [0.1, 0.15) is 4.90 Å². The van der Waals surface area contributed by atoms with Gasteiger partial charge >= 0.3 is 0 Å². The van der Waals surface area contributed by atoms with Crippen LogP contribution in [0, 0.1) is 0 Å². The van der Waals surface area contributed by atoms with E-state index in [0.29, 0.717) is 15.3 Å². The lowest BCUT2D eigenvalue weighted by molar-refractivity contribution is 0.204. The van der Waals surface area contributed by atoms with Gasteiger partial charge in [0.25, 0.3) is 0 Å². The number of rotatable bonds is 6. The number of aliphatic hydroxyl groups excluding tert-OH is 1. The van der Waals surface area contributed by atoms with Gasteiger partial charge in [-0.1, -0.05) is 0 Å². The number of hydrogen-bond donors (Lipinski definition) is 2. The minimum Gasteiger partial charge on any atom is -0.391 e. The highest BCUT2D eigenvalue weighted by molar-refractivity contribution is 9.11. The zero-order chi connectivity index (χ0) is 12.2. The summed E-state index contributed by atoms with van der Waals surface area (Å²) in [4.78, 5) is 0.747. The van der Waals surface area contributed by atoms with Gasteiger partial charge in [0.2, 0.25) is 10.0 Å². The van der Waals surface area contributed by atoms with Crippen molar-refractivity contribution in [3.8, 4) is 0 Å². The van der Waals surface area contributed by atoms with Gasteiger partial charge < -0.3 is 9.84 Å². The lowest BCUT2D eigenvalue weighted by atomic mass is 10.5. The van der Waals surface area contributed by atoms with E-state index in [1.807, 2.05) is 0 Å². The summed E-state index contributed by atoms with van der Waals surface area (Å²) in [7, 11) is -2.03. The minimum atomic E-state index is -3.53. The molecule has 0 aliphatic rings. The van der Waals surface area contributed by atoms with Crippen LogP contribution in [-0.4, -0.2) is 33.8 Å². The first-order valence-corrected chi connectivity index (χ1v) is 7.48. The second-order valence-electron chi connectivity index (χ2n) is 2.90. The monoisotopic (exact) mass is 329 g/mol. The Hall–Kier alpha value is 0.01000. The van der Waals surface area contributed by atoms with E-state index in [0.717, 1.165) is 0 Å². The summed E-state index contributed by atoms with van der Waals surface area (Å²) in [5.74, 6) is 0. The summed E-state index contributed by atoms with van der Waals surface area (Å²) < 4.78 is 31.2. The summed E-state index contributed by atoms with van der Waals surface area (Å²) in [5.41, 5.74) is 0. The lowest BCUT2D eigenvalue weighted by Gasteiger charge is -2.04. The fourth-order valence-electron chi connectivity index (χ4n) is 1.01. The minimum absolute atomic E-state index is 0.151. The Bertz CT molecular complexity index is 443. The molecule has 0 fully saturated rings. The van der Waals surface area contributed by atoms with E-state index in [2.05, 4.69) is 20.7 Å². The third kappa shape index (κ3) is 3.51. The van der Waals surface area contributed by atoms with Crippen molar-refractivity contribution in [3.05, 3.63) is 14.7 Å². The highest BCUT2D eigenvalue weighted by Crippen LogP contribution is 2.31. The number of aliphatic hydroxyl groups is 1. The first-order chi connectivity index (χ1) is 7.51. The number of halogens is 1. The predicted molar refractivity (Wildman–Crippen MR) is 65.0 cm³/mol. The van der Waals surface area contributed by atoms with Crippen LogP contribution in [0.5, 0.6) is 0 Å². The second kappa shape index (κ2) is 6.08. The Morgan fingerprint density at radius 1 is 1.62 bits per heavy atom. The first kappa shape index (κ1) is 14.1. The summed E-state index contributed by atoms with van der Waals surface area (Å²) in [6, 6.07) is 1.45. The van der Waals surface area contributed by atoms with Crippen LogP contribution in [0.3, 0.4) is 0 Å². The largest absolute Gasteiger partial charge is 0.391 e. The number of hydrogen-bond acceptors (Lipinski definition) is 5. The quantitative estimate of drug-likeness (QED) is 0.761. The van der Waals surface area contributed by atoms with Gasteiger partial charge in [-0.2, -0.15) is 0 Å². The Labute approximate surface area is 107 Å². The van der Waals surface area contributed by atoms with E-state index in [1.165, 1.54) is 24.5 Å². The molecule has 0 radical (unpaired) electrons. The Kier molecular flexibility index (Phi) is 5.35. The third-order valence-corrected chi connectivity index (χ3v) is 5.45. The van der Waals surface area contributed by atoms with E-state index in [1.54, 1.807) is 0 Å². The molecule has 92 valence electrons. The van der Waals surface area contributed by atoms with E-state index >= 15 is 0 Å². The van der Waals surface area contributed by atoms with Gasteiger partial charge in [-0.05, 0) is 22.0 Å². The summed E-state index contributed by atoms with van der Waals surface area (Å²) in [6.07, 6.45) is 0. The predicted octanol–water partition coefficient (Wildman–Crippen LogP) is 0.928. The standard InChI is InChI=1S/C8H12BrNO4S2/c1-14-3-2-10-16(12,13)7-4-6(5-11)15-8(7)9/h4,10-11H,2-3,5H2,1H3. The van der Waals surface area contributed by atoms with Crippen molar-refractivity contribution in [3.63, 3.8) is 0 Å². The molecule has 1 aromatic rings. The highest BCUT2D eigenvalue weighted by Gasteiger charge is 2.20. The molecule has 0 saturated carbocycles. The van der Waals surface area contributed by atoms with E-state index in [-0.39, 0.29) is 18.0 Å². The van der Waals surface area contributed by atoms with Crippen LogP contribution >= 0.6 is 27.3 Å². The average Bonchev–Trinajstić information content (AvgIpc) is 2.60. The molecule has 0 unspecified atom stereocenters. The summed E-state index contributed by atoms with van der Waals surface area (Å²) in [5, 5.41) is 8.91. The Balaban J connectivity index is 2.85. The van der Waals surface area contributed by atoms with Gasteiger partial charge in [0.05, 0.1) is 17.0 Å². The maximum atomic E-state index is 11.8. The molecule has 16 heavy (non-hydrogen) atoms. The van der Waals surface area contributed by atoms with Crippen LogP contribution in [0.15, 0.2) is 14.7 Å². The van der Waals surface area contributed by atoms with Crippen LogP contribution in [0.4, 0.5) is 0 Å². The van der Waals surface area contributed by atoms with E-state index in [4.69, 9.17) is 9.84 Å². The third-order valence-electron chi connectivity index (χ3n) is 1.75. The van der Waals surface area contributed by atoms with Gasteiger partial charge in [-0.15, -0.1) is 11.3 Å². The smallest absolute Gasteiger partial charge is 0.242 e. The first-order valence-electron chi connectivity index (χ1n) is 4.39. The molecule has 0 aromatic carbocycles. The molecule has 0 bridgehead atoms. The molecular weight excluding hydrogens is 318 g/mol. The van der Waals surface area contributed by atoms with Gasteiger partial charge in [0, 0.05) is 18.5 Å². The van der Waals surface area contributed by atoms with Crippen LogP contribution in [0.2, 0.25) is 0 Å². The molecule has 0 saturated heterocycles. The Morgan fingerprint density at radius 3 is 2.81 bits per heavy atom. The van der Waals surface area contributed by atoms with Crippen molar-refractivity contribution < 1.29 is 18.3 Å². The van der Waals surface area contributed by atoms with Crippen molar-refractivity contribution in [1.82, 2.24) is 4.72 Å². The molecule has 8 heteroatoms. The van der Waals surface area contributed by atoms with Crippen molar-refractivity contribution in [2.75, 3.05) is 20.3 Å². The summed E-state index contributed by atoms with van der Waals surface area (Å²) >= 11 is 4.36.